The van der Waals surface area contributed by atoms with Gasteiger partial charge in [-0.25, -0.2) is 0 Å². The summed E-state index contributed by atoms with van der Waals surface area (Å²) in [5, 5.41) is 28.1. The summed E-state index contributed by atoms with van der Waals surface area (Å²) in [7, 11) is 0. The van der Waals surface area contributed by atoms with E-state index >= 15 is 0 Å². The largest absolute Gasteiger partial charge is 0.390 e. The molecule has 5 aliphatic heterocycles. The Labute approximate surface area is 251 Å². The minimum absolute atomic E-state index is 0.0283. The number of aliphatic hydroxyl groups is 1. The van der Waals surface area contributed by atoms with E-state index in [2.05, 4.69) is 43.3 Å². The molecule has 5 saturated heterocycles. The molecule has 0 bridgehead atoms. The van der Waals surface area contributed by atoms with Crippen LogP contribution in [0.2, 0.25) is 0 Å². The van der Waals surface area contributed by atoms with Crippen molar-refractivity contribution in [2.75, 3.05) is 65.8 Å². The summed E-state index contributed by atoms with van der Waals surface area (Å²) < 4.78 is 17.4. The van der Waals surface area contributed by atoms with Gasteiger partial charge in [-0.05, 0) is 63.8 Å². The number of carbonyl (C=O) groups excluding carboxylic acids is 1. The molecule has 6 rings (SSSR count). The van der Waals surface area contributed by atoms with Crippen LogP contribution in [0.3, 0.4) is 0 Å². The summed E-state index contributed by atoms with van der Waals surface area (Å²) in [6, 6.07) is 0.388. The lowest BCUT2D eigenvalue weighted by Crippen LogP contribution is -2.72. The zero-order valence-electron chi connectivity index (χ0n) is 25.5. The van der Waals surface area contributed by atoms with Crippen molar-refractivity contribution in [2.45, 2.75) is 107 Å². The first kappa shape index (κ1) is 31.1. The molecule has 12 nitrogen and oxygen atoms in total. The van der Waals surface area contributed by atoms with E-state index in [1.54, 1.807) is 0 Å². The van der Waals surface area contributed by atoms with Crippen molar-refractivity contribution in [3.8, 4) is 0 Å². The zero-order valence-corrected chi connectivity index (χ0v) is 25.5. The predicted molar refractivity (Wildman–Crippen MR) is 158 cm³/mol. The van der Waals surface area contributed by atoms with Crippen LogP contribution in [0, 0.1) is 11.8 Å². The molecule has 9 atom stereocenters. The number of ether oxygens (including phenoxy) is 3. The molecule has 1 amide bonds. The van der Waals surface area contributed by atoms with Crippen LogP contribution in [0.25, 0.3) is 0 Å². The van der Waals surface area contributed by atoms with Gasteiger partial charge in [-0.3, -0.25) is 31.0 Å². The lowest BCUT2D eigenvalue weighted by atomic mass is 9.74. The van der Waals surface area contributed by atoms with Gasteiger partial charge in [0.1, 0.15) is 6.29 Å². The van der Waals surface area contributed by atoms with Gasteiger partial charge in [0.25, 0.3) is 0 Å². The van der Waals surface area contributed by atoms with E-state index in [4.69, 9.17) is 14.2 Å². The van der Waals surface area contributed by atoms with Crippen molar-refractivity contribution in [1.82, 2.24) is 36.4 Å². The summed E-state index contributed by atoms with van der Waals surface area (Å²) in [6.07, 6.45) is 8.82. The summed E-state index contributed by atoms with van der Waals surface area (Å²) in [5.74, 6) is 1.34. The normalized spacial score (nSPS) is 39.4. The van der Waals surface area contributed by atoms with Gasteiger partial charge < -0.3 is 29.5 Å². The third-order valence-corrected chi connectivity index (χ3v) is 10.5. The van der Waals surface area contributed by atoms with E-state index in [1.807, 2.05) is 0 Å². The molecule has 6 fully saturated rings. The van der Waals surface area contributed by atoms with Crippen molar-refractivity contribution >= 4 is 5.91 Å². The van der Waals surface area contributed by atoms with Crippen molar-refractivity contribution in [3.63, 3.8) is 0 Å². The molecule has 5 heterocycles. The number of amides is 1. The van der Waals surface area contributed by atoms with Crippen molar-refractivity contribution in [1.29, 1.82) is 0 Å². The maximum atomic E-state index is 13.3. The first-order chi connectivity index (χ1) is 20.5. The van der Waals surface area contributed by atoms with Crippen LogP contribution in [-0.2, 0) is 19.0 Å². The third-order valence-electron chi connectivity index (χ3n) is 10.5. The topological polar surface area (TPSA) is 132 Å². The highest BCUT2D eigenvalue weighted by Gasteiger charge is 2.38. The number of hydrogen-bond donors (Lipinski definition) is 6. The number of nitrogens with zero attached hydrogens (tertiary/aromatic N) is 2. The highest BCUT2D eigenvalue weighted by Crippen LogP contribution is 2.37. The van der Waals surface area contributed by atoms with E-state index in [9.17, 15) is 9.90 Å². The second kappa shape index (κ2) is 14.9. The molecule has 0 spiro atoms. The van der Waals surface area contributed by atoms with Gasteiger partial charge in [-0.2, -0.15) is 0 Å². The highest BCUT2D eigenvalue weighted by molar-refractivity contribution is 5.82. The van der Waals surface area contributed by atoms with Gasteiger partial charge in [0, 0.05) is 45.2 Å². The monoisotopic (exact) mass is 593 g/mol. The van der Waals surface area contributed by atoms with Crippen LogP contribution >= 0.6 is 0 Å². The summed E-state index contributed by atoms with van der Waals surface area (Å²) in [6.45, 7) is 9.90. The Morgan fingerprint density at radius 3 is 2.69 bits per heavy atom. The number of fused-ring (bicyclic) bond motifs is 1. The molecule has 0 aromatic carbocycles. The minimum atomic E-state index is -0.576. The van der Waals surface area contributed by atoms with Gasteiger partial charge in [-0.1, -0.05) is 6.42 Å². The number of piperidine rings is 2. The Balaban J connectivity index is 0.914. The second-order valence-corrected chi connectivity index (χ2v) is 13.7. The molecule has 6 N–H and O–H groups in total. The Morgan fingerprint density at radius 2 is 1.93 bits per heavy atom. The summed E-state index contributed by atoms with van der Waals surface area (Å²) in [4.78, 5) is 18.1. The molecule has 12 heteroatoms. The Bertz CT molecular complexity index is 862. The number of likely N-dealkylation sites (tertiary alicyclic amines) is 2. The number of nitrogens with one attached hydrogen (secondary N) is 5. The van der Waals surface area contributed by atoms with E-state index in [0.29, 0.717) is 56.3 Å². The van der Waals surface area contributed by atoms with Gasteiger partial charge in [0.15, 0.2) is 0 Å². The second-order valence-electron chi connectivity index (χ2n) is 13.7. The molecule has 0 radical (unpaired) electrons. The average molecular weight is 594 g/mol. The lowest BCUT2D eigenvalue weighted by molar-refractivity contribution is -0.126. The molecule has 0 aromatic heterocycles. The number of carbonyl (C=O) groups is 1. The van der Waals surface area contributed by atoms with Gasteiger partial charge in [0.2, 0.25) is 5.91 Å². The molecular formula is C30H55N7O5. The molecular weight excluding hydrogens is 538 g/mol. The Morgan fingerprint density at radius 1 is 1.07 bits per heavy atom. The number of rotatable bonds is 11. The van der Waals surface area contributed by atoms with Crippen LogP contribution in [0.15, 0.2) is 0 Å². The molecule has 42 heavy (non-hydrogen) atoms. The maximum absolute atomic E-state index is 13.3. The maximum Gasteiger partial charge on any atom is 0.237 e. The van der Waals surface area contributed by atoms with Crippen LogP contribution < -0.4 is 26.6 Å². The fraction of sp³-hybridized carbons (Fsp3) is 0.967. The SMILES string of the molecule is CC1NCOC1COC1CCC2CN(C[C@@H](O)CNC(=O)C3CC(NC4COC4)NC(N4CCCCC4)N3)CCC2C1. The summed E-state index contributed by atoms with van der Waals surface area (Å²) in [5.41, 5.74) is 0. The average Bonchev–Trinajstić information content (AvgIpc) is 3.41. The fourth-order valence-corrected chi connectivity index (χ4v) is 7.76. The fourth-order valence-electron chi connectivity index (χ4n) is 7.76. The minimum Gasteiger partial charge on any atom is -0.390 e. The number of β-amino-alcohol motifs (C(OH)–C–C–N with tert-alkyl or cyclic N) is 1. The first-order valence-electron chi connectivity index (χ1n) is 16.7. The van der Waals surface area contributed by atoms with Gasteiger partial charge >= 0.3 is 0 Å². The first-order valence-corrected chi connectivity index (χ1v) is 16.7. The van der Waals surface area contributed by atoms with E-state index in [0.717, 1.165) is 58.7 Å². The molecule has 8 unspecified atom stereocenters. The zero-order chi connectivity index (χ0) is 28.9. The van der Waals surface area contributed by atoms with Crippen molar-refractivity contribution in [3.05, 3.63) is 0 Å². The predicted octanol–water partition coefficient (Wildman–Crippen LogP) is -0.659. The highest BCUT2D eigenvalue weighted by atomic mass is 16.5. The van der Waals surface area contributed by atoms with Crippen LogP contribution in [0.1, 0.15) is 58.3 Å². The lowest BCUT2D eigenvalue weighted by Gasteiger charge is -2.45. The Hall–Kier alpha value is -0.930. The molecule has 1 aliphatic carbocycles. The quantitative estimate of drug-likeness (QED) is 0.183. The number of hydrogen-bond acceptors (Lipinski definition) is 11. The van der Waals surface area contributed by atoms with Crippen LogP contribution in [0.4, 0.5) is 0 Å². The Kier molecular flexibility index (Phi) is 11.0. The van der Waals surface area contributed by atoms with Crippen LogP contribution in [-0.4, -0.2) is 136 Å². The molecule has 240 valence electrons. The van der Waals surface area contributed by atoms with E-state index in [1.165, 1.54) is 25.7 Å². The smallest absolute Gasteiger partial charge is 0.237 e. The van der Waals surface area contributed by atoms with Crippen molar-refractivity contribution in [2.24, 2.45) is 11.8 Å². The van der Waals surface area contributed by atoms with Gasteiger partial charge in [0.05, 0.1) is 63.1 Å². The molecule has 6 aliphatic rings. The van der Waals surface area contributed by atoms with Crippen LogP contribution in [0.5, 0.6) is 0 Å². The van der Waals surface area contributed by atoms with Gasteiger partial charge in [-0.15, -0.1) is 0 Å². The molecule has 0 aromatic rings. The number of aliphatic hydroxyl groups excluding tert-OH is 1. The summed E-state index contributed by atoms with van der Waals surface area (Å²) >= 11 is 0. The van der Waals surface area contributed by atoms with Crippen molar-refractivity contribution < 1.29 is 24.1 Å². The van der Waals surface area contributed by atoms with E-state index in [-0.39, 0.29) is 37.1 Å². The third kappa shape index (κ3) is 8.21. The van der Waals surface area contributed by atoms with E-state index < -0.39 is 6.10 Å². The molecule has 1 saturated carbocycles. The standard InChI is InChI=1S/C30H55N7O5/c1-20-27(42-19-32-20)18-41-25-6-5-22-14-36(10-7-21(22)11-25)15-24(38)13-31-29(39)26-12-28(33-23-16-40-17-23)35-30(34-26)37-8-3-2-4-9-37/h20-28,30,32-35,38H,2-19H2,1H3,(H,31,39)/t20?,21?,22?,24-,25?,26?,27?,28?,30?/m0/s1.